The third-order valence-corrected chi connectivity index (χ3v) is 4.63. The molecular weight excluding hydrogens is 347 g/mol. The zero-order valence-corrected chi connectivity index (χ0v) is 14.3. The summed E-state index contributed by atoms with van der Waals surface area (Å²) in [5.41, 5.74) is 2.45. The Kier molecular flexibility index (Phi) is 3.70. The number of anilines is 3. The fourth-order valence-electron chi connectivity index (χ4n) is 3.05. The van der Waals surface area contributed by atoms with Crippen LogP contribution in [0.4, 0.5) is 22.0 Å². The number of hydrogen-bond acceptors (Lipinski definition) is 6. The van der Waals surface area contributed by atoms with Crippen molar-refractivity contribution in [3.05, 3.63) is 53.7 Å². The molecule has 1 aliphatic rings. The minimum atomic E-state index is -0.296. The second-order valence-electron chi connectivity index (χ2n) is 6.58. The Morgan fingerprint density at radius 2 is 2.07 bits per heavy atom. The van der Waals surface area contributed by atoms with Crippen molar-refractivity contribution in [1.29, 1.82) is 0 Å². The Bertz CT molecular complexity index is 1100. The van der Waals surface area contributed by atoms with Crippen molar-refractivity contribution in [3.8, 4) is 0 Å². The summed E-state index contributed by atoms with van der Waals surface area (Å²) < 4.78 is 14.2. The molecule has 0 spiro atoms. The molecule has 136 valence electrons. The van der Waals surface area contributed by atoms with Gasteiger partial charge in [0.25, 0.3) is 0 Å². The highest BCUT2D eigenvalue weighted by molar-refractivity contribution is 5.82. The molecule has 1 saturated carbocycles. The number of nitrogens with one attached hydrogen (secondary N) is 4. The summed E-state index contributed by atoms with van der Waals surface area (Å²) in [4.78, 5) is 8.62. The topological polar surface area (TPSA) is 107 Å². The molecular formula is C18H17FN8. The zero-order chi connectivity index (χ0) is 18.2. The van der Waals surface area contributed by atoms with Gasteiger partial charge in [-0.05, 0) is 31.0 Å². The SMILES string of the molecule is Fc1ccc2[nH]ncc2c1CNc1nccc(Nc2cc(C3CC3)[nH]n2)n1. The molecule has 0 atom stereocenters. The van der Waals surface area contributed by atoms with Crippen molar-refractivity contribution < 1.29 is 4.39 Å². The van der Waals surface area contributed by atoms with Crippen LogP contribution in [0.2, 0.25) is 0 Å². The number of fused-ring (bicyclic) bond motifs is 1. The fraction of sp³-hybridized carbons (Fsp3) is 0.222. The maximum Gasteiger partial charge on any atom is 0.224 e. The first-order valence-electron chi connectivity index (χ1n) is 8.76. The van der Waals surface area contributed by atoms with Crippen molar-refractivity contribution in [2.24, 2.45) is 0 Å². The predicted molar refractivity (Wildman–Crippen MR) is 99.3 cm³/mol. The van der Waals surface area contributed by atoms with E-state index < -0.39 is 0 Å². The maximum atomic E-state index is 14.2. The molecule has 1 aromatic carbocycles. The van der Waals surface area contributed by atoms with Crippen LogP contribution in [0.15, 0.2) is 36.7 Å². The van der Waals surface area contributed by atoms with Crippen molar-refractivity contribution in [2.75, 3.05) is 10.6 Å². The summed E-state index contributed by atoms with van der Waals surface area (Å²) in [5, 5.41) is 21.1. The van der Waals surface area contributed by atoms with Gasteiger partial charge in [0.1, 0.15) is 11.6 Å². The number of hydrogen-bond donors (Lipinski definition) is 4. The molecule has 1 aliphatic carbocycles. The van der Waals surface area contributed by atoms with E-state index in [2.05, 4.69) is 41.0 Å². The first kappa shape index (κ1) is 15.7. The Labute approximate surface area is 153 Å². The van der Waals surface area contributed by atoms with E-state index >= 15 is 0 Å². The normalized spacial score (nSPS) is 13.8. The molecule has 0 saturated heterocycles. The predicted octanol–water partition coefficient (Wildman–Crippen LogP) is 3.45. The van der Waals surface area contributed by atoms with Gasteiger partial charge in [0.15, 0.2) is 5.82 Å². The van der Waals surface area contributed by atoms with Crippen LogP contribution < -0.4 is 10.6 Å². The molecule has 0 aliphatic heterocycles. The smallest absolute Gasteiger partial charge is 0.224 e. The van der Waals surface area contributed by atoms with Crippen LogP contribution in [0, 0.1) is 5.82 Å². The molecule has 3 heterocycles. The molecule has 27 heavy (non-hydrogen) atoms. The lowest BCUT2D eigenvalue weighted by molar-refractivity contribution is 0.615. The van der Waals surface area contributed by atoms with Crippen LogP contribution in [-0.2, 0) is 6.54 Å². The largest absolute Gasteiger partial charge is 0.350 e. The number of nitrogens with zero attached hydrogens (tertiary/aromatic N) is 4. The molecule has 0 amide bonds. The minimum absolute atomic E-state index is 0.250. The molecule has 9 heteroatoms. The van der Waals surface area contributed by atoms with E-state index in [1.54, 1.807) is 24.5 Å². The van der Waals surface area contributed by atoms with Gasteiger partial charge in [-0.15, -0.1) is 0 Å². The Balaban J connectivity index is 1.31. The molecule has 0 bridgehead atoms. The number of halogens is 1. The van der Waals surface area contributed by atoms with Crippen molar-refractivity contribution >= 4 is 28.5 Å². The van der Waals surface area contributed by atoms with Gasteiger partial charge in [-0.2, -0.15) is 15.2 Å². The summed E-state index contributed by atoms with van der Waals surface area (Å²) in [6.45, 7) is 0.250. The molecule has 0 unspecified atom stereocenters. The standard InChI is InChI=1S/C18H17FN8/c19-13-3-4-14-12(9-22-25-14)11(13)8-21-18-20-6-5-16(24-18)23-17-7-15(26-27-17)10-1-2-10/h3-7,9-10H,1-2,8H2,(H,22,25)(H3,20,21,23,24,26,27). The van der Waals surface area contributed by atoms with Crippen molar-refractivity contribution in [3.63, 3.8) is 0 Å². The Morgan fingerprint density at radius 1 is 1.15 bits per heavy atom. The third-order valence-electron chi connectivity index (χ3n) is 4.63. The second-order valence-corrected chi connectivity index (χ2v) is 6.58. The summed E-state index contributed by atoms with van der Waals surface area (Å²) in [6, 6.07) is 6.85. The highest BCUT2D eigenvalue weighted by Gasteiger charge is 2.25. The van der Waals surface area contributed by atoms with E-state index in [0.29, 0.717) is 23.2 Å². The van der Waals surface area contributed by atoms with Crippen LogP contribution in [0.1, 0.15) is 30.0 Å². The summed E-state index contributed by atoms with van der Waals surface area (Å²) in [5.74, 6) is 2.04. The van der Waals surface area contributed by atoms with Crippen LogP contribution in [-0.4, -0.2) is 30.4 Å². The maximum absolute atomic E-state index is 14.2. The monoisotopic (exact) mass is 364 g/mol. The van der Waals surface area contributed by atoms with Crippen LogP contribution in [0.25, 0.3) is 10.9 Å². The lowest BCUT2D eigenvalue weighted by Crippen LogP contribution is -2.06. The number of aromatic amines is 2. The summed E-state index contributed by atoms with van der Waals surface area (Å²) >= 11 is 0. The van der Waals surface area contributed by atoms with Gasteiger partial charge < -0.3 is 10.6 Å². The van der Waals surface area contributed by atoms with Gasteiger partial charge in [-0.25, -0.2) is 9.37 Å². The van der Waals surface area contributed by atoms with Crippen LogP contribution in [0.3, 0.4) is 0 Å². The van der Waals surface area contributed by atoms with E-state index in [-0.39, 0.29) is 12.4 Å². The summed E-state index contributed by atoms with van der Waals surface area (Å²) in [7, 11) is 0. The average Bonchev–Trinajstić information content (AvgIpc) is 3.23. The third kappa shape index (κ3) is 3.19. The lowest BCUT2D eigenvalue weighted by Gasteiger charge is -2.08. The molecule has 5 rings (SSSR count). The molecule has 8 nitrogen and oxygen atoms in total. The molecule has 4 aromatic rings. The highest BCUT2D eigenvalue weighted by atomic mass is 19.1. The molecule has 3 aromatic heterocycles. The molecule has 1 fully saturated rings. The Hall–Kier alpha value is -3.49. The van der Waals surface area contributed by atoms with E-state index in [4.69, 9.17) is 0 Å². The quantitative estimate of drug-likeness (QED) is 0.417. The second kappa shape index (κ2) is 6.35. The van der Waals surface area contributed by atoms with Gasteiger partial charge in [-0.1, -0.05) is 0 Å². The van der Waals surface area contributed by atoms with Crippen LogP contribution >= 0.6 is 0 Å². The van der Waals surface area contributed by atoms with Gasteiger partial charge in [0.05, 0.1) is 11.7 Å². The van der Waals surface area contributed by atoms with E-state index in [9.17, 15) is 4.39 Å². The first-order chi connectivity index (χ1) is 13.3. The number of rotatable bonds is 6. The number of aromatic nitrogens is 6. The number of benzene rings is 1. The highest BCUT2D eigenvalue weighted by Crippen LogP contribution is 2.39. The van der Waals surface area contributed by atoms with Gasteiger partial charge in [0.2, 0.25) is 5.95 Å². The van der Waals surface area contributed by atoms with E-state index in [0.717, 1.165) is 22.4 Å². The molecule has 0 radical (unpaired) electrons. The minimum Gasteiger partial charge on any atom is -0.350 e. The number of H-pyrrole nitrogens is 2. The Morgan fingerprint density at radius 3 is 2.96 bits per heavy atom. The van der Waals surface area contributed by atoms with E-state index in [1.165, 1.54) is 18.9 Å². The first-order valence-corrected chi connectivity index (χ1v) is 8.76. The van der Waals surface area contributed by atoms with Gasteiger partial charge in [0, 0.05) is 41.4 Å². The lowest BCUT2D eigenvalue weighted by atomic mass is 10.1. The zero-order valence-electron chi connectivity index (χ0n) is 14.3. The van der Waals surface area contributed by atoms with Crippen molar-refractivity contribution in [1.82, 2.24) is 30.4 Å². The summed E-state index contributed by atoms with van der Waals surface area (Å²) in [6.07, 6.45) is 5.68. The van der Waals surface area contributed by atoms with Gasteiger partial charge in [-0.3, -0.25) is 10.2 Å². The molecule has 4 N–H and O–H groups in total. The average molecular weight is 364 g/mol. The van der Waals surface area contributed by atoms with Crippen molar-refractivity contribution in [2.45, 2.75) is 25.3 Å². The van der Waals surface area contributed by atoms with E-state index in [1.807, 2.05) is 6.07 Å². The van der Waals surface area contributed by atoms with Crippen LogP contribution in [0.5, 0.6) is 0 Å². The van der Waals surface area contributed by atoms with Gasteiger partial charge >= 0.3 is 0 Å². The fourth-order valence-corrected chi connectivity index (χ4v) is 3.05.